The summed E-state index contributed by atoms with van der Waals surface area (Å²) in [7, 11) is 5.07. The molecule has 0 aliphatic heterocycles. The molecule has 5 nitrogen and oxygen atoms in total. The van der Waals surface area contributed by atoms with Gasteiger partial charge in [-0.25, -0.2) is 0 Å². The molecule has 1 rings (SSSR count). The molecule has 6 heteroatoms. The first-order valence-corrected chi connectivity index (χ1v) is 6.27. The summed E-state index contributed by atoms with van der Waals surface area (Å²) in [6, 6.07) is -0.442. The monoisotopic (exact) mass is 294 g/mol. The number of amides is 1. The van der Waals surface area contributed by atoms with E-state index in [9.17, 15) is 4.79 Å². The zero-order valence-corrected chi connectivity index (χ0v) is 13.5. The van der Waals surface area contributed by atoms with Crippen LogP contribution in [0.2, 0.25) is 0 Å². The van der Waals surface area contributed by atoms with Gasteiger partial charge in [0.25, 0.3) is 0 Å². The highest BCUT2D eigenvalue weighted by atomic mass is 35.5. The molecule has 0 aromatic rings. The van der Waals surface area contributed by atoms with Gasteiger partial charge in [0.05, 0.1) is 12.2 Å². The summed E-state index contributed by atoms with van der Waals surface area (Å²) >= 11 is 0. The zero-order chi connectivity index (χ0) is 14.1. The summed E-state index contributed by atoms with van der Waals surface area (Å²) in [5.41, 5.74) is 5.52. The second-order valence-corrected chi connectivity index (χ2v) is 5.89. The van der Waals surface area contributed by atoms with Crippen LogP contribution in [0, 0.1) is 5.41 Å². The molecule has 114 valence electrons. The standard InChI is InChI=1S/C13H26N2O3.ClH/c1-12(2)10(7-13(12,3)18-6)15(4)11(16)9(14)8-17-5;/h9-10H,7-8,14H2,1-6H3;1H. The van der Waals surface area contributed by atoms with Gasteiger partial charge in [0, 0.05) is 32.7 Å². The molecule has 0 saturated heterocycles. The van der Waals surface area contributed by atoms with Gasteiger partial charge in [0.2, 0.25) is 5.91 Å². The molecule has 19 heavy (non-hydrogen) atoms. The maximum absolute atomic E-state index is 12.1. The molecule has 3 atom stereocenters. The summed E-state index contributed by atoms with van der Waals surface area (Å²) in [5, 5.41) is 0. The molecule has 0 radical (unpaired) electrons. The van der Waals surface area contributed by atoms with Crippen LogP contribution >= 0.6 is 12.4 Å². The minimum absolute atomic E-state index is 0. The Morgan fingerprint density at radius 1 is 1.42 bits per heavy atom. The van der Waals surface area contributed by atoms with Gasteiger partial charge in [-0.1, -0.05) is 13.8 Å². The molecule has 0 aromatic carbocycles. The fourth-order valence-corrected chi connectivity index (χ4v) is 2.74. The third-order valence-electron chi connectivity index (χ3n) is 4.71. The lowest BCUT2D eigenvalue weighted by Gasteiger charge is -2.61. The molecule has 0 heterocycles. The van der Waals surface area contributed by atoms with Crippen molar-refractivity contribution in [1.82, 2.24) is 4.90 Å². The second kappa shape index (κ2) is 6.39. The number of rotatable bonds is 5. The quantitative estimate of drug-likeness (QED) is 0.823. The lowest BCUT2D eigenvalue weighted by Crippen LogP contribution is -2.69. The number of ether oxygens (including phenoxy) is 2. The smallest absolute Gasteiger partial charge is 0.241 e. The highest BCUT2D eigenvalue weighted by Crippen LogP contribution is 2.53. The van der Waals surface area contributed by atoms with Gasteiger partial charge in [-0.3, -0.25) is 4.79 Å². The van der Waals surface area contributed by atoms with E-state index in [0.717, 1.165) is 6.42 Å². The summed E-state index contributed by atoms with van der Waals surface area (Å²) < 4.78 is 10.5. The first-order valence-electron chi connectivity index (χ1n) is 6.27. The van der Waals surface area contributed by atoms with E-state index < -0.39 is 6.04 Å². The Bertz CT molecular complexity index is 325. The number of carbonyl (C=O) groups is 1. The van der Waals surface area contributed by atoms with Crippen LogP contribution in [0.1, 0.15) is 27.2 Å². The van der Waals surface area contributed by atoms with E-state index in [1.165, 1.54) is 0 Å². The molecule has 1 fully saturated rings. The molecule has 0 spiro atoms. The fraction of sp³-hybridized carbons (Fsp3) is 0.923. The summed E-state index contributed by atoms with van der Waals surface area (Å²) in [6.45, 7) is 6.57. The molecule has 0 aromatic heterocycles. The van der Waals surface area contributed by atoms with Crippen molar-refractivity contribution in [3.63, 3.8) is 0 Å². The van der Waals surface area contributed by atoms with Crippen molar-refractivity contribution >= 4 is 18.3 Å². The lowest BCUT2D eigenvalue weighted by molar-refractivity contribution is -0.207. The van der Waals surface area contributed by atoms with Crippen LogP contribution in [0.4, 0.5) is 0 Å². The van der Waals surface area contributed by atoms with E-state index in [2.05, 4.69) is 20.8 Å². The predicted octanol–water partition coefficient (Wildman–Crippen LogP) is 1.04. The Hall–Kier alpha value is -0.360. The lowest BCUT2D eigenvalue weighted by atomic mass is 9.55. The van der Waals surface area contributed by atoms with Crippen LogP contribution in [0.15, 0.2) is 0 Å². The number of nitrogens with zero attached hydrogens (tertiary/aromatic N) is 1. The van der Waals surface area contributed by atoms with Gasteiger partial charge < -0.3 is 20.1 Å². The first kappa shape index (κ1) is 18.6. The molecular weight excluding hydrogens is 268 g/mol. The Labute approximate surface area is 122 Å². The first-order chi connectivity index (χ1) is 8.21. The Morgan fingerprint density at radius 2 is 1.95 bits per heavy atom. The van der Waals surface area contributed by atoms with Gasteiger partial charge >= 0.3 is 0 Å². The number of halogens is 1. The normalized spacial score (nSPS) is 29.9. The second-order valence-electron chi connectivity index (χ2n) is 5.89. The third-order valence-corrected chi connectivity index (χ3v) is 4.71. The minimum Gasteiger partial charge on any atom is -0.383 e. The topological polar surface area (TPSA) is 64.8 Å². The number of hydrogen-bond acceptors (Lipinski definition) is 4. The van der Waals surface area contributed by atoms with Gasteiger partial charge in [-0.15, -0.1) is 12.4 Å². The van der Waals surface area contributed by atoms with Crippen LogP contribution in [-0.4, -0.2) is 56.4 Å². The molecule has 3 unspecified atom stereocenters. The summed E-state index contributed by atoms with van der Waals surface area (Å²) in [6.07, 6.45) is 0.832. The zero-order valence-electron chi connectivity index (χ0n) is 12.7. The average Bonchev–Trinajstić information content (AvgIpc) is 2.33. The van der Waals surface area contributed by atoms with Crippen molar-refractivity contribution in [3.05, 3.63) is 0 Å². The highest BCUT2D eigenvalue weighted by molar-refractivity contribution is 5.85. The number of nitrogens with two attached hydrogens (primary N) is 1. The van der Waals surface area contributed by atoms with Crippen LogP contribution < -0.4 is 5.73 Å². The average molecular weight is 295 g/mol. The SMILES string of the molecule is COCC(N)C(=O)N(C)C1CC(C)(OC)C1(C)C.Cl. The van der Waals surface area contributed by atoms with E-state index in [1.807, 2.05) is 0 Å². The van der Waals surface area contributed by atoms with Gasteiger partial charge in [0.1, 0.15) is 6.04 Å². The Morgan fingerprint density at radius 3 is 2.32 bits per heavy atom. The minimum atomic E-state index is -0.592. The van der Waals surface area contributed by atoms with Crippen molar-refractivity contribution in [2.24, 2.45) is 11.1 Å². The molecule has 1 amide bonds. The van der Waals surface area contributed by atoms with E-state index in [-0.39, 0.29) is 42.0 Å². The van der Waals surface area contributed by atoms with E-state index >= 15 is 0 Å². The van der Waals surface area contributed by atoms with Crippen molar-refractivity contribution in [2.45, 2.75) is 44.9 Å². The van der Waals surface area contributed by atoms with Crippen LogP contribution in [-0.2, 0) is 14.3 Å². The molecule has 1 aliphatic rings. The number of methoxy groups -OCH3 is 2. The van der Waals surface area contributed by atoms with Crippen LogP contribution in [0.5, 0.6) is 0 Å². The maximum Gasteiger partial charge on any atom is 0.241 e. The number of hydrogen-bond donors (Lipinski definition) is 1. The van der Waals surface area contributed by atoms with Crippen molar-refractivity contribution in [1.29, 1.82) is 0 Å². The van der Waals surface area contributed by atoms with Crippen molar-refractivity contribution < 1.29 is 14.3 Å². The summed E-state index contributed by atoms with van der Waals surface area (Å²) in [4.78, 5) is 13.9. The summed E-state index contributed by atoms with van der Waals surface area (Å²) in [5.74, 6) is -0.0759. The van der Waals surface area contributed by atoms with Crippen molar-refractivity contribution in [3.8, 4) is 0 Å². The van der Waals surface area contributed by atoms with Gasteiger partial charge in [-0.05, 0) is 13.3 Å². The number of carbonyl (C=O) groups excluding carboxylic acids is 1. The van der Waals surface area contributed by atoms with Gasteiger partial charge in [0.15, 0.2) is 0 Å². The van der Waals surface area contributed by atoms with Gasteiger partial charge in [-0.2, -0.15) is 0 Å². The largest absolute Gasteiger partial charge is 0.383 e. The maximum atomic E-state index is 12.1. The van der Waals surface area contributed by atoms with Crippen molar-refractivity contribution in [2.75, 3.05) is 27.9 Å². The third kappa shape index (κ3) is 3.05. The van der Waals surface area contributed by atoms with E-state index in [1.54, 1.807) is 26.2 Å². The molecule has 0 bridgehead atoms. The highest BCUT2D eigenvalue weighted by Gasteiger charge is 2.59. The molecule has 1 aliphatic carbocycles. The predicted molar refractivity (Wildman–Crippen MR) is 77.5 cm³/mol. The molecular formula is C13H27ClN2O3. The van der Waals surface area contributed by atoms with E-state index in [0.29, 0.717) is 0 Å². The number of likely N-dealkylation sites (N-methyl/N-ethyl adjacent to an activating group) is 1. The van der Waals surface area contributed by atoms with Crippen LogP contribution in [0.25, 0.3) is 0 Å². The molecule has 1 saturated carbocycles. The van der Waals surface area contributed by atoms with E-state index in [4.69, 9.17) is 15.2 Å². The Balaban J connectivity index is 0.00000324. The fourth-order valence-electron chi connectivity index (χ4n) is 2.74. The molecule has 2 N–H and O–H groups in total. The van der Waals surface area contributed by atoms with Crippen LogP contribution in [0.3, 0.4) is 0 Å². The Kier molecular flexibility index (Phi) is 6.27.